The summed E-state index contributed by atoms with van der Waals surface area (Å²) >= 11 is 0. The number of aliphatic hydroxyl groups excluding tert-OH is 1. The lowest BCUT2D eigenvalue weighted by atomic mass is 9.86. The smallest absolute Gasteiger partial charge is 0.156 e. The Kier molecular flexibility index (Phi) is 5.62. The van der Waals surface area contributed by atoms with Gasteiger partial charge in [-0.15, -0.1) is 0 Å². The van der Waals surface area contributed by atoms with Gasteiger partial charge in [0.25, 0.3) is 0 Å². The van der Waals surface area contributed by atoms with E-state index in [-0.39, 0.29) is 17.8 Å². The summed E-state index contributed by atoms with van der Waals surface area (Å²) in [4.78, 5) is 0. The molecule has 1 saturated carbocycles. The Bertz CT molecular complexity index is 346. The van der Waals surface area contributed by atoms with E-state index in [1.807, 2.05) is 0 Å². The van der Waals surface area contributed by atoms with Gasteiger partial charge in [0.2, 0.25) is 0 Å². The Morgan fingerprint density at radius 3 is 2.39 bits per heavy atom. The summed E-state index contributed by atoms with van der Waals surface area (Å²) in [5, 5.41) is 13.0. The van der Waals surface area contributed by atoms with Gasteiger partial charge in [0.15, 0.2) is 9.84 Å². The van der Waals surface area contributed by atoms with Crippen LogP contribution in [0.5, 0.6) is 0 Å². The number of aliphatic hydroxyl groups is 1. The van der Waals surface area contributed by atoms with Crippen LogP contribution in [-0.4, -0.2) is 43.2 Å². The zero-order valence-corrected chi connectivity index (χ0v) is 12.6. The normalized spacial score (nSPS) is 26.2. The molecule has 0 bridgehead atoms. The molecule has 4 nitrogen and oxygen atoms in total. The average molecular weight is 277 g/mol. The molecule has 2 unspecified atom stereocenters. The first-order chi connectivity index (χ1) is 8.24. The zero-order valence-electron chi connectivity index (χ0n) is 11.8. The third kappa shape index (κ3) is 4.52. The topological polar surface area (TPSA) is 66.4 Å². The average Bonchev–Trinajstić information content (AvgIpc) is 2.25. The van der Waals surface area contributed by atoms with E-state index in [2.05, 4.69) is 5.32 Å². The highest BCUT2D eigenvalue weighted by atomic mass is 32.2. The van der Waals surface area contributed by atoms with Crippen LogP contribution in [0.25, 0.3) is 0 Å². The fourth-order valence-electron chi connectivity index (χ4n) is 2.23. The molecule has 0 radical (unpaired) electrons. The van der Waals surface area contributed by atoms with Crippen LogP contribution >= 0.6 is 0 Å². The van der Waals surface area contributed by atoms with Gasteiger partial charge in [-0.1, -0.05) is 12.8 Å². The van der Waals surface area contributed by atoms with Gasteiger partial charge in [0.05, 0.1) is 16.6 Å². The van der Waals surface area contributed by atoms with Gasteiger partial charge in [-0.2, -0.15) is 0 Å². The highest BCUT2D eigenvalue weighted by Crippen LogP contribution is 2.23. The molecular formula is C13H27NO3S. The Hall–Kier alpha value is -0.130. The largest absolute Gasteiger partial charge is 0.393 e. The van der Waals surface area contributed by atoms with Crippen LogP contribution in [0.2, 0.25) is 0 Å². The van der Waals surface area contributed by atoms with Gasteiger partial charge in [-0.25, -0.2) is 8.42 Å². The van der Waals surface area contributed by atoms with E-state index in [4.69, 9.17) is 0 Å². The van der Waals surface area contributed by atoms with E-state index >= 15 is 0 Å². The molecule has 2 atom stereocenters. The third-order valence-electron chi connectivity index (χ3n) is 3.76. The van der Waals surface area contributed by atoms with Gasteiger partial charge >= 0.3 is 0 Å². The maximum Gasteiger partial charge on any atom is 0.156 e. The summed E-state index contributed by atoms with van der Waals surface area (Å²) in [5.74, 6) is 0.454. The summed E-state index contributed by atoms with van der Waals surface area (Å²) in [6.45, 7) is 6.39. The van der Waals surface area contributed by atoms with Crippen LogP contribution in [0.15, 0.2) is 0 Å². The minimum atomic E-state index is -3.04. The number of hydrogen-bond donors (Lipinski definition) is 2. The van der Waals surface area contributed by atoms with Crippen LogP contribution in [0.1, 0.15) is 46.5 Å². The second-order valence-corrected chi connectivity index (χ2v) is 9.11. The second kappa shape index (κ2) is 6.35. The minimum Gasteiger partial charge on any atom is -0.393 e. The number of nitrogens with one attached hydrogen (secondary N) is 1. The summed E-state index contributed by atoms with van der Waals surface area (Å²) in [6.07, 6.45) is 3.98. The molecule has 0 spiro atoms. The standard InChI is InChI=1S/C13H27NO3S/c1-13(2,3)18(16,17)9-8-14-10-11-6-4-5-7-12(11)15/h11-12,14-15H,4-10H2,1-3H3. The van der Waals surface area contributed by atoms with Gasteiger partial charge in [0, 0.05) is 13.1 Å². The molecule has 0 aromatic carbocycles. The molecular weight excluding hydrogens is 250 g/mol. The molecule has 0 aromatic rings. The minimum absolute atomic E-state index is 0.166. The summed E-state index contributed by atoms with van der Waals surface area (Å²) in [5.41, 5.74) is 0. The SMILES string of the molecule is CC(C)(C)S(=O)(=O)CCNCC1CCCCC1O. The lowest BCUT2D eigenvalue weighted by molar-refractivity contribution is 0.0700. The number of rotatable bonds is 5. The second-order valence-electron chi connectivity index (χ2n) is 6.25. The molecule has 1 aliphatic carbocycles. The van der Waals surface area contributed by atoms with Crippen LogP contribution in [0.3, 0.4) is 0 Å². The predicted molar refractivity (Wildman–Crippen MR) is 74.4 cm³/mol. The molecule has 0 heterocycles. The van der Waals surface area contributed by atoms with Crippen molar-refractivity contribution in [3.05, 3.63) is 0 Å². The Morgan fingerprint density at radius 1 is 1.22 bits per heavy atom. The van der Waals surface area contributed by atoms with E-state index in [1.54, 1.807) is 20.8 Å². The summed E-state index contributed by atoms with van der Waals surface area (Å²) < 4.78 is 23.1. The highest BCUT2D eigenvalue weighted by molar-refractivity contribution is 7.92. The van der Waals surface area contributed by atoms with Gasteiger partial charge < -0.3 is 10.4 Å². The molecule has 2 N–H and O–H groups in total. The van der Waals surface area contributed by atoms with Crippen LogP contribution in [0.4, 0.5) is 0 Å². The Labute approximate surface area is 111 Å². The quantitative estimate of drug-likeness (QED) is 0.744. The Morgan fingerprint density at radius 2 is 1.83 bits per heavy atom. The maximum absolute atomic E-state index is 11.9. The van der Waals surface area contributed by atoms with Crippen LogP contribution in [-0.2, 0) is 9.84 Å². The van der Waals surface area contributed by atoms with Crippen molar-refractivity contribution >= 4 is 9.84 Å². The molecule has 0 saturated heterocycles. The maximum atomic E-state index is 11.9. The molecule has 18 heavy (non-hydrogen) atoms. The van der Waals surface area contributed by atoms with Crippen molar-refractivity contribution in [3.8, 4) is 0 Å². The number of hydrogen-bond acceptors (Lipinski definition) is 4. The van der Waals surface area contributed by atoms with Crippen molar-refractivity contribution in [2.75, 3.05) is 18.8 Å². The van der Waals surface area contributed by atoms with E-state index in [1.165, 1.54) is 6.42 Å². The van der Waals surface area contributed by atoms with Crippen LogP contribution in [0, 0.1) is 5.92 Å². The van der Waals surface area contributed by atoms with Crippen molar-refractivity contribution < 1.29 is 13.5 Å². The fourth-order valence-corrected chi connectivity index (χ4v) is 3.25. The summed E-state index contributed by atoms with van der Waals surface area (Å²) in [6, 6.07) is 0. The fraction of sp³-hybridized carbons (Fsp3) is 1.00. The van der Waals surface area contributed by atoms with E-state index in [0.717, 1.165) is 25.8 Å². The molecule has 1 fully saturated rings. The monoisotopic (exact) mass is 277 g/mol. The third-order valence-corrected chi connectivity index (χ3v) is 6.36. The molecule has 0 amide bonds. The van der Waals surface area contributed by atoms with Crippen molar-refractivity contribution in [2.24, 2.45) is 5.92 Å². The van der Waals surface area contributed by atoms with E-state index < -0.39 is 14.6 Å². The van der Waals surface area contributed by atoms with E-state index in [0.29, 0.717) is 6.54 Å². The molecule has 108 valence electrons. The Balaban J connectivity index is 2.27. The first-order valence-electron chi connectivity index (χ1n) is 6.85. The van der Waals surface area contributed by atoms with Gasteiger partial charge in [0.1, 0.15) is 0 Å². The van der Waals surface area contributed by atoms with Gasteiger partial charge in [-0.05, 0) is 39.5 Å². The zero-order chi connectivity index (χ0) is 13.8. The number of sulfone groups is 1. The molecule has 1 aliphatic rings. The van der Waals surface area contributed by atoms with Crippen molar-refractivity contribution in [1.82, 2.24) is 5.32 Å². The molecule has 5 heteroatoms. The molecule has 1 rings (SSSR count). The van der Waals surface area contributed by atoms with Crippen molar-refractivity contribution in [2.45, 2.75) is 57.3 Å². The lowest BCUT2D eigenvalue weighted by Gasteiger charge is -2.28. The lowest BCUT2D eigenvalue weighted by Crippen LogP contribution is -2.38. The van der Waals surface area contributed by atoms with Crippen molar-refractivity contribution in [3.63, 3.8) is 0 Å². The van der Waals surface area contributed by atoms with Crippen molar-refractivity contribution in [1.29, 1.82) is 0 Å². The predicted octanol–water partition coefficient (Wildman–Crippen LogP) is 1.34. The molecule has 0 aromatic heterocycles. The van der Waals surface area contributed by atoms with E-state index in [9.17, 15) is 13.5 Å². The molecule has 0 aliphatic heterocycles. The highest BCUT2D eigenvalue weighted by Gasteiger charge is 2.28. The summed E-state index contributed by atoms with van der Waals surface area (Å²) in [7, 11) is -3.04. The van der Waals surface area contributed by atoms with Gasteiger partial charge in [-0.3, -0.25) is 0 Å². The van der Waals surface area contributed by atoms with Crippen LogP contribution < -0.4 is 5.32 Å². The first-order valence-corrected chi connectivity index (χ1v) is 8.50. The first kappa shape index (κ1) is 15.9.